The first-order valence-corrected chi connectivity index (χ1v) is 8.30. The Morgan fingerprint density at radius 3 is 2.57 bits per heavy atom. The van der Waals surface area contributed by atoms with E-state index in [0.29, 0.717) is 11.3 Å². The number of benzene rings is 2. The molecule has 1 amide bonds. The van der Waals surface area contributed by atoms with Crippen LogP contribution in [0.15, 0.2) is 54.6 Å². The molecule has 1 atom stereocenters. The van der Waals surface area contributed by atoms with Crippen molar-refractivity contribution >= 4 is 29.3 Å². The quantitative estimate of drug-likeness (QED) is 0.820. The molecule has 0 aromatic heterocycles. The van der Waals surface area contributed by atoms with Crippen molar-refractivity contribution < 1.29 is 14.3 Å². The van der Waals surface area contributed by atoms with Gasteiger partial charge in [0.05, 0.1) is 17.9 Å². The van der Waals surface area contributed by atoms with E-state index in [1.54, 1.807) is 12.1 Å². The maximum Gasteiger partial charge on any atom is 0.337 e. The zero-order valence-electron chi connectivity index (χ0n) is 13.1. The second kappa shape index (κ2) is 8.39. The normalized spacial score (nSPS) is 11.6. The molecule has 0 radical (unpaired) electrons. The molecule has 4 nitrogen and oxygen atoms in total. The number of anilines is 1. The maximum absolute atomic E-state index is 12.1. The molecule has 23 heavy (non-hydrogen) atoms. The SMILES string of the molecule is COC(=O)c1cccc(CSC(C)C(=O)Nc2ccccc2)c1. The molecule has 0 aliphatic heterocycles. The van der Waals surface area contributed by atoms with E-state index >= 15 is 0 Å². The van der Waals surface area contributed by atoms with Gasteiger partial charge in [0.2, 0.25) is 5.91 Å². The van der Waals surface area contributed by atoms with E-state index in [1.165, 1.54) is 18.9 Å². The number of thioether (sulfide) groups is 1. The Hall–Kier alpha value is -2.27. The van der Waals surface area contributed by atoms with E-state index in [1.807, 2.05) is 49.4 Å². The minimum atomic E-state index is -0.355. The van der Waals surface area contributed by atoms with Crippen molar-refractivity contribution in [1.29, 1.82) is 0 Å². The van der Waals surface area contributed by atoms with Gasteiger partial charge in [0, 0.05) is 11.4 Å². The lowest BCUT2D eigenvalue weighted by Crippen LogP contribution is -2.22. The molecule has 2 rings (SSSR count). The summed E-state index contributed by atoms with van der Waals surface area (Å²) >= 11 is 1.52. The van der Waals surface area contributed by atoms with Crippen LogP contribution in [0.25, 0.3) is 0 Å². The van der Waals surface area contributed by atoms with Gasteiger partial charge in [-0.2, -0.15) is 0 Å². The molecule has 0 fully saturated rings. The molecule has 5 heteroatoms. The molecule has 120 valence electrons. The minimum Gasteiger partial charge on any atom is -0.465 e. The van der Waals surface area contributed by atoms with Crippen LogP contribution in [0.4, 0.5) is 5.69 Å². The minimum absolute atomic E-state index is 0.0367. The summed E-state index contributed by atoms with van der Waals surface area (Å²) in [7, 11) is 1.36. The number of amides is 1. The van der Waals surface area contributed by atoms with Gasteiger partial charge in [-0.05, 0) is 36.8 Å². The Balaban J connectivity index is 1.90. The van der Waals surface area contributed by atoms with Gasteiger partial charge in [-0.25, -0.2) is 4.79 Å². The lowest BCUT2D eigenvalue weighted by atomic mass is 10.1. The molecular formula is C18H19NO3S. The van der Waals surface area contributed by atoms with Crippen molar-refractivity contribution in [2.75, 3.05) is 12.4 Å². The highest BCUT2D eigenvalue weighted by Crippen LogP contribution is 2.20. The molecule has 0 bridgehead atoms. The first-order valence-electron chi connectivity index (χ1n) is 7.25. The van der Waals surface area contributed by atoms with Crippen LogP contribution < -0.4 is 5.32 Å². The fraction of sp³-hybridized carbons (Fsp3) is 0.222. The lowest BCUT2D eigenvalue weighted by Gasteiger charge is -2.12. The second-order valence-corrected chi connectivity index (χ2v) is 6.33. The summed E-state index contributed by atoms with van der Waals surface area (Å²) in [4.78, 5) is 23.7. The van der Waals surface area contributed by atoms with Gasteiger partial charge in [-0.3, -0.25) is 4.79 Å². The maximum atomic E-state index is 12.1. The van der Waals surface area contributed by atoms with Crippen molar-refractivity contribution in [3.63, 3.8) is 0 Å². The van der Waals surface area contributed by atoms with Crippen LogP contribution in [0, 0.1) is 0 Å². The zero-order valence-corrected chi connectivity index (χ0v) is 13.9. The van der Waals surface area contributed by atoms with Crippen LogP contribution in [0.5, 0.6) is 0 Å². The largest absolute Gasteiger partial charge is 0.465 e. The molecule has 0 heterocycles. The highest BCUT2D eigenvalue weighted by atomic mass is 32.2. The summed E-state index contributed by atoms with van der Waals surface area (Å²) in [5.41, 5.74) is 2.29. The Labute approximate surface area is 140 Å². The van der Waals surface area contributed by atoms with E-state index in [0.717, 1.165) is 11.3 Å². The second-order valence-electron chi connectivity index (χ2n) is 5.00. The molecule has 2 aromatic rings. The number of carbonyl (C=O) groups is 2. The summed E-state index contributed by atoms with van der Waals surface area (Å²) in [6, 6.07) is 16.6. The molecule has 0 aliphatic rings. The number of methoxy groups -OCH3 is 1. The van der Waals surface area contributed by atoms with E-state index in [-0.39, 0.29) is 17.1 Å². The molecule has 1 unspecified atom stereocenters. The summed E-state index contributed by atoms with van der Waals surface area (Å²) in [6.07, 6.45) is 0. The van der Waals surface area contributed by atoms with E-state index < -0.39 is 0 Å². The number of ether oxygens (including phenoxy) is 1. The van der Waals surface area contributed by atoms with Gasteiger partial charge < -0.3 is 10.1 Å². The number of hydrogen-bond acceptors (Lipinski definition) is 4. The Morgan fingerprint density at radius 1 is 1.13 bits per heavy atom. The van der Waals surface area contributed by atoms with E-state index in [4.69, 9.17) is 4.74 Å². The molecule has 1 N–H and O–H groups in total. The summed E-state index contributed by atoms with van der Waals surface area (Å²) < 4.78 is 4.71. The third-order valence-electron chi connectivity index (χ3n) is 3.26. The molecule has 0 spiro atoms. The van der Waals surface area contributed by atoms with Crippen molar-refractivity contribution in [2.45, 2.75) is 17.9 Å². The summed E-state index contributed by atoms with van der Waals surface area (Å²) in [6.45, 7) is 1.87. The Bertz CT molecular complexity index is 673. The summed E-state index contributed by atoms with van der Waals surface area (Å²) in [5.74, 6) is 0.255. The Kier molecular flexibility index (Phi) is 6.23. The van der Waals surface area contributed by atoms with Crippen molar-refractivity contribution in [3.8, 4) is 0 Å². The predicted molar refractivity (Wildman–Crippen MR) is 93.6 cm³/mol. The highest BCUT2D eigenvalue weighted by Gasteiger charge is 2.14. The van der Waals surface area contributed by atoms with E-state index in [9.17, 15) is 9.59 Å². The van der Waals surface area contributed by atoms with Gasteiger partial charge in [0.25, 0.3) is 0 Å². The summed E-state index contributed by atoms with van der Waals surface area (Å²) in [5, 5.41) is 2.69. The molecule has 0 saturated heterocycles. The van der Waals surface area contributed by atoms with Gasteiger partial charge in [-0.1, -0.05) is 30.3 Å². The van der Waals surface area contributed by atoms with Crippen LogP contribution in [-0.4, -0.2) is 24.2 Å². The van der Waals surface area contributed by atoms with Crippen LogP contribution in [0.2, 0.25) is 0 Å². The highest BCUT2D eigenvalue weighted by molar-refractivity contribution is 7.99. The van der Waals surface area contributed by atoms with Crippen LogP contribution in [0.1, 0.15) is 22.8 Å². The molecule has 2 aromatic carbocycles. The van der Waals surface area contributed by atoms with Gasteiger partial charge in [-0.15, -0.1) is 11.8 Å². The Morgan fingerprint density at radius 2 is 1.87 bits per heavy atom. The van der Waals surface area contributed by atoms with Crippen LogP contribution in [0.3, 0.4) is 0 Å². The average molecular weight is 329 g/mol. The molecular weight excluding hydrogens is 310 g/mol. The molecule has 0 aliphatic carbocycles. The topological polar surface area (TPSA) is 55.4 Å². The lowest BCUT2D eigenvalue weighted by molar-refractivity contribution is -0.115. The molecule has 0 saturated carbocycles. The number of hydrogen-bond donors (Lipinski definition) is 1. The van der Waals surface area contributed by atoms with Crippen molar-refractivity contribution in [2.24, 2.45) is 0 Å². The van der Waals surface area contributed by atoms with E-state index in [2.05, 4.69) is 5.32 Å². The number of nitrogens with one attached hydrogen (secondary N) is 1. The van der Waals surface area contributed by atoms with Gasteiger partial charge >= 0.3 is 5.97 Å². The predicted octanol–water partition coefficient (Wildman–Crippen LogP) is 3.73. The number of rotatable bonds is 6. The average Bonchev–Trinajstić information content (AvgIpc) is 2.60. The van der Waals surface area contributed by atoms with Crippen molar-refractivity contribution in [3.05, 3.63) is 65.7 Å². The van der Waals surface area contributed by atoms with Crippen LogP contribution >= 0.6 is 11.8 Å². The third kappa shape index (κ3) is 5.14. The number of carbonyl (C=O) groups excluding carboxylic acids is 2. The standard InChI is InChI=1S/C18H19NO3S/c1-13(17(20)19-16-9-4-3-5-10-16)23-12-14-7-6-8-15(11-14)18(21)22-2/h3-11,13H,12H2,1-2H3,(H,19,20). The third-order valence-corrected chi connectivity index (χ3v) is 4.47. The van der Waals surface area contributed by atoms with Gasteiger partial charge in [0.15, 0.2) is 0 Å². The number of esters is 1. The zero-order chi connectivity index (χ0) is 16.7. The van der Waals surface area contributed by atoms with Crippen LogP contribution in [-0.2, 0) is 15.3 Å². The first kappa shape index (κ1) is 17.1. The first-order chi connectivity index (χ1) is 11.1. The number of para-hydroxylation sites is 1. The van der Waals surface area contributed by atoms with Gasteiger partial charge in [0.1, 0.15) is 0 Å². The monoisotopic (exact) mass is 329 g/mol. The van der Waals surface area contributed by atoms with Crippen molar-refractivity contribution in [1.82, 2.24) is 0 Å². The fourth-order valence-corrected chi connectivity index (χ4v) is 2.80. The fourth-order valence-electron chi connectivity index (χ4n) is 1.97. The smallest absolute Gasteiger partial charge is 0.337 e.